The summed E-state index contributed by atoms with van der Waals surface area (Å²) in [5, 5.41) is 6.04. The van der Waals surface area contributed by atoms with Crippen molar-refractivity contribution >= 4 is 23.1 Å². The van der Waals surface area contributed by atoms with Crippen LogP contribution in [0.4, 0.5) is 20.3 Å². The first-order valence-electron chi connectivity index (χ1n) is 11.1. The highest BCUT2D eigenvalue weighted by atomic mass is 19.2. The number of halogens is 2. The van der Waals surface area contributed by atoms with Crippen LogP contribution in [0.1, 0.15) is 29.8 Å². The molecule has 2 aromatic carbocycles. The van der Waals surface area contributed by atoms with Crippen molar-refractivity contribution in [3.8, 4) is 17.0 Å². The van der Waals surface area contributed by atoms with Crippen molar-refractivity contribution < 1.29 is 18.3 Å². The van der Waals surface area contributed by atoms with Gasteiger partial charge in [0.05, 0.1) is 19.0 Å². The number of anilines is 2. The summed E-state index contributed by atoms with van der Waals surface area (Å²) in [5.74, 6) is -2.03. The van der Waals surface area contributed by atoms with Crippen LogP contribution in [0.15, 0.2) is 48.9 Å². The van der Waals surface area contributed by atoms with E-state index >= 15 is 0 Å². The third kappa shape index (κ3) is 4.78. The number of nitrogens with zero attached hydrogens (tertiary/aromatic N) is 3. The van der Waals surface area contributed by atoms with Gasteiger partial charge in [0.25, 0.3) is 5.91 Å². The largest absolute Gasteiger partial charge is 0.494 e. The van der Waals surface area contributed by atoms with E-state index in [2.05, 4.69) is 20.6 Å². The van der Waals surface area contributed by atoms with Crippen molar-refractivity contribution in [3.05, 3.63) is 71.7 Å². The smallest absolute Gasteiger partial charge is 0.251 e. The van der Waals surface area contributed by atoms with Crippen molar-refractivity contribution in [2.45, 2.75) is 26.3 Å². The molecule has 0 saturated carbocycles. The quantitative estimate of drug-likeness (QED) is 0.351. The Morgan fingerprint density at radius 3 is 2.71 bits per heavy atom. The van der Waals surface area contributed by atoms with Gasteiger partial charge in [0, 0.05) is 41.8 Å². The molecule has 0 fully saturated rings. The first kappa shape index (κ1) is 24.1. The Labute approximate surface area is 201 Å². The molecular weight excluding hydrogens is 454 g/mol. The number of rotatable bonds is 8. The van der Waals surface area contributed by atoms with Crippen molar-refractivity contribution in [1.82, 2.24) is 19.7 Å². The number of nitrogens with two attached hydrogens (primary N) is 1. The molecule has 4 rings (SSSR count). The number of aromatic nitrogens is 3. The molecule has 0 radical (unpaired) electrons. The number of imidazole rings is 1. The van der Waals surface area contributed by atoms with Crippen molar-refractivity contribution in [2.24, 2.45) is 5.73 Å². The maximum absolute atomic E-state index is 14.7. The normalized spacial score (nSPS) is 11.9. The lowest BCUT2D eigenvalue weighted by Gasteiger charge is -2.13. The molecule has 0 aliphatic heterocycles. The number of aryl methyl sites for hydroxylation is 1. The Bertz CT molecular complexity index is 1390. The molecule has 182 valence electrons. The lowest BCUT2D eigenvalue weighted by atomic mass is 10.0. The number of hydrogen-bond donors (Lipinski definition) is 3. The predicted octanol–water partition coefficient (Wildman–Crippen LogP) is 4.07. The highest BCUT2D eigenvalue weighted by Gasteiger charge is 2.19. The van der Waals surface area contributed by atoms with E-state index in [9.17, 15) is 13.6 Å². The second kappa shape index (κ2) is 10.1. The summed E-state index contributed by atoms with van der Waals surface area (Å²) in [6, 6.07) is 8.05. The lowest BCUT2D eigenvalue weighted by Crippen LogP contribution is -2.35. The molecule has 1 amide bonds. The summed E-state index contributed by atoms with van der Waals surface area (Å²) >= 11 is 0. The molecule has 2 aromatic heterocycles. The van der Waals surface area contributed by atoms with Gasteiger partial charge in [0.1, 0.15) is 0 Å². The number of ether oxygens (including phenoxy) is 1. The van der Waals surface area contributed by atoms with E-state index in [4.69, 9.17) is 10.5 Å². The average molecular weight is 481 g/mol. The third-order valence-electron chi connectivity index (χ3n) is 5.55. The Morgan fingerprint density at radius 1 is 1.20 bits per heavy atom. The van der Waals surface area contributed by atoms with E-state index in [1.807, 2.05) is 19.9 Å². The monoisotopic (exact) mass is 480 g/mol. The summed E-state index contributed by atoms with van der Waals surface area (Å²) in [7, 11) is 1.28. The molecule has 4 N–H and O–H groups in total. The van der Waals surface area contributed by atoms with E-state index in [0.717, 1.165) is 5.56 Å². The highest BCUT2D eigenvalue weighted by Crippen LogP contribution is 2.31. The van der Waals surface area contributed by atoms with Crippen LogP contribution in [0.5, 0.6) is 5.75 Å². The van der Waals surface area contributed by atoms with Gasteiger partial charge in [-0.25, -0.2) is 14.4 Å². The number of hydrogen-bond acceptors (Lipinski definition) is 6. The van der Waals surface area contributed by atoms with E-state index in [1.54, 1.807) is 22.7 Å². The fourth-order valence-corrected chi connectivity index (χ4v) is 3.77. The molecule has 35 heavy (non-hydrogen) atoms. The SMILES string of the molecule is CCc1cc(Nc2nccn3c(-c4ccc(OC)c(F)c4F)cnc23)ccc1C(=O)NC[C@H](C)N. The molecule has 0 saturated heterocycles. The summed E-state index contributed by atoms with van der Waals surface area (Å²) in [6.07, 6.45) is 5.25. The molecule has 4 aromatic rings. The molecule has 0 bridgehead atoms. The fraction of sp³-hybridized carbons (Fsp3) is 0.240. The second-order valence-corrected chi connectivity index (χ2v) is 8.09. The molecule has 10 heteroatoms. The van der Waals surface area contributed by atoms with Gasteiger partial charge in [-0.1, -0.05) is 6.92 Å². The third-order valence-corrected chi connectivity index (χ3v) is 5.55. The number of methoxy groups -OCH3 is 1. The van der Waals surface area contributed by atoms with Crippen molar-refractivity contribution in [1.29, 1.82) is 0 Å². The number of carbonyl (C=O) groups excluding carboxylic acids is 1. The van der Waals surface area contributed by atoms with Gasteiger partial charge in [-0.15, -0.1) is 0 Å². The topological polar surface area (TPSA) is 107 Å². The standard InChI is InChI=1S/C25H26F2N6O2/c1-4-15-11-16(5-6-17(15)25(34)31-12-14(2)28)32-23-24-30-13-19(33(24)10-9-29-23)18-7-8-20(35-3)22(27)21(18)26/h5-11,13-14H,4,12,28H2,1-3H3,(H,29,32)(H,31,34)/t14-/m0/s1. The van der Waals surface area contributed by atoms with Gasteiger partial charge in [-0.2, -0.15) is 4.39 Å². The minimum atomic E-state index is -1.07. The molecule has 0 spiro atoms. The maximum atomic E-state index is 14.7. The Hall–Kier alpha value is -4.05. The lowest BCUT2D eigenvalue weighted by molar-refractivity contribution is 0.0951. The molecule has 2 heterocycles. The summed E-state index contributed by atoms with van der Waals surface area (Å²) in [6.45, 7) is 4.17. The zero-order valence-corrected chi connectivity index (χ0v) is 19.6. The van der Waals surface area contributed by atoms with E-state index in [0.29, 0.717) is 41.4 Å². The number of amides is 1. The van der Waals surface area contributed by atoms with E-state index in [-0.39, 0.29) is 23.3 Å². The average Bonchev–Trinajstić information content (AvgIpc) is 3.29. The molecular formula is C25H26F2N6O2. The predicted molar refractivity (Wildman–Crippen MR) is 130 cm³/mol. The minimum Gasteiger partial charge on any atom is -0.494 e. The van der Waals surface area contributed by atoms with Gasteiger partial charge in [0.2, 0.25) is 5.82 Å². The van der Waals surface area contributed by atoms with E-state index in [1.165, 1.54) is 31.6 Å². The van der Waals surface area contributed by atoms with Crippen LogP contribution in [0.25, 0.3) is 16.9 Å². The molecule has 0 unspecified atom stereocenters. The van der Waals surface area contributed by atoms with E-state index < -0.39 is 11.6 Å². The number of nitrogens with one attached hydrogen (secondary N) is 2. The van der Waals surface area contributed by atoms with Crippen molar-refractivity contribution in [2.75, 3.05) is 19.0 Å². The van der Waals surface area contributed by atoms with Crippen LogP contribution >= 0.6 is 0 Å². The molecule has 8 nitrogen and oxygen atoms in total. The minimum absolute atomic E-state index is 0.0448. The zero-order chi connectivity index (χ0) is 25.1. The van der Waals surface area contributed by atoms with Crippen molar-refractivity contribution in [3.63, 3.8) is 0 Å². The van der Waals surface area contributed by atoms with Gasteiger partial charge < -0.3 is 21.1 Å². The van der Waals surface area contributed by atoms with Gasteiger partial charge >= 0.3 is 0 Å². The highest BCUT2D eigenvalue weighted by molar-refractivity contribution is 5.96. The van der Waals surface area contributed by atoms with Crippen LogP contribution in [0.3, 0.4) is 0 Å². The second-order valence-electron chi connectivity index (χ2n) is 8.09. The zero-order valence-electron chi connectivity index (χ0n) is 19.6. The van der Waals surface area contributed by atoms with Gasteiger partial charge in [-0.05, 0) is 49.2 Å². The van der Waals surface area contributed by atoms with Crippen LogP contribution in [-0.4, -0.2) is 40.0 Å². The van der Waals surface area contributed by atoms with Gasteiger partial charge in [0.15, 0.2) is 23.0 Å². The Kier molecular flexibility index (Phi) is 6.92. The first-order chi connectivity index (χ1) is 16.8. The number of carbonyl (C=O) groups is 1. The Balaban J connectivity index is 1.66. The number of fused-ring (bicyclic) bond motifs is 1. The molecule has 0 aliphatic rings. The number of benzene rings is 2. The maximum Gasteiger partial charge on any atom is 0.251 e. The van der Waals surface area contributed by atoms with Gasteiger partial charge in [-0.3, -0.25) is 9.20 Å². The van der Waals surface area contributed by atoms with Crippen LogP contribution in [0.2, 0.25) is 0 Å². The Morgan fingerprint density at radius 2 is 2.00 bits per heavy atom. The van der Waals surface area contributed by atoms with Crippen LogP contribution in [0, 0.1) is 11.6 Å². The summed E-state index contributed by atoms with van der Waals surface area (Å²) in [5.41, 5.74) is 8.69. The summed E-state index contributed by atoms with van der Waals surface area (Å²) in [4.78, 5) is 21.3. The molecule has 1 atom stereocenters. The van der Waals surface area contributed by atoms with Crippen LogP contribution < -0.4 is 21.1 Å². The first-order valence-corrected chi connectivity index (χ1v) is 11.1. The summed E-state index contributed by atoms with van der Waals surface area (Å²) < 4.78 is 35.5. The molecule has 0 aliphatic carbocycles. The fourth-order valence-electron chi connectivity index (χ4n) is 3.77. The van der Waals surface area contributed by atoms with Crippen LogP contribution in [-0.2, 0) is 6.42 Å².